The van der Waals surface area contributed by atoms with E-state index in [-0.39, 0.29) is 31.3 Å². The average molecular weight is 450 g/mol. The summed E-state index contributed by atoms with van der Waals surface area (Å²) in [6.07, 6.45) is -1.00. The molecule has 0 atom stereocenters. The van der Waals surface area contributed by atoms with E-state index in [1.54, 1.807) is 0 Å². The fourth-order valence-corrected chi connectivity index (χ4v) is 5.00. The molecule has 4 nitrogen and oxygen atoms in total. The maximum atomic E-state index is 12.8. The van der Waals surface area contributed by atoms with Crippen molar-refractivity contribution in [1.29, 1.82) is 0 Å². The second-order valence-corrected chi connectivity index (χ2v) is 9.29. The predicted molar refractivity (Wildman–Crippen MR) is 117 cm³/mol. The van der Waals surface area contributed by atoms with Crippen LogP contribution in [0.4, 0.5) is 13.2 Å². The van der Waals surface area contributed by atoms with Crippen molar-refractivity contribution in [2.24, 2.45) is 11.8 Å². The standard InChI is InChI=1S/C25H30F3NO3/c26-25(27,28)21-4-7-22(8-5-21)32-23-6-3-19-13-18(1-2-20(19)15-23)16-29-11-9-17(10-12-29)14-24(30)31/h1-3,6,13,15,17,21-22H,4-5,7-12,14,16H2,(H,30,31). The molecular weight excluding hydrogens is 419 g/mol. The van der Waals surface area contributed by atoms with Crippen molar-refractivity contribution in [1.82, 2.24) is 4.90 Å². The van der Waals surface area contributed by atoms with Crippen molar-refractivity contribution < 1.29 is 27.8 Å². The van der Waals surface area contributed by atoms with Crippen LogP contribution in [-0.2, 0) is 11.3 Å². The van der Waals surface area contributed by atoms with Gasteiger partial charge in [0.15, 0.2) is 0 Å². The summed E-state index contributed by atoms with van der Waals surface area (Å²) in [5, 5.41) is 11.1. The lowest BCUT2D eigenvalue weighted by Gasteiger charge is -2.31. The van der Waals surface area contributed by atoms with Gasteiger partial charge in [0, 0.05) is 13.0 Å². The summed E-state index contributed by atoms with van der Waals surface area (Å²) in [7, 11) is 0. The molecule has 1 saturated heterocycles. The molecule has 0 spiro atoms. The third-order valence-corrected chi connectivity index (χ3v) is 6.89. The number of nitrogens with zero attached hydrogens (tertiary/aromatic N) is 1. The molecule has 1 heterocycles. The van der Waals surface area contributed by atoms with Crippen LogP contribution in [0.3, 0.4) is 0 Å². The maximum absolute atomic E-state index is 12.8. The van der Waals surface area contributed by atoms with E-state index in [4.69, 9.17) is 9.84 Å². The number of carbonyl (C=O) groups is 1. The molecule has 0 radical (unpaired) electrons. The van der Waals surface area contributed by atoms with Crippen LogP contribution in [0.5, 0.6) is 5.75 Å². The number of ether oxygens (including phenoxy) is 1. The molecule has 7 heteroatoms. The van der Waals surface area contributed by atoms with Crippen molar-refractivity contribution in [2.75, 3.05) is 13.1 Å². The number of aliphatic carboxylic acids is 1. The number of fused-ring (bicyclic) bond motifs is 1. The Morgan fingerprint density at radius 1 is 0.969 bits per heavy atom. The molecule has 4 rings (SSSR count). The zero-order valence-electron chi connectivity index (χ0n) is 18.1. The summed E-state index contributed by atoms with van der Waals surface area (Å²) >= 11 is 0. The summed E-state index contributed by atoms with van der Waals surface area (Å²) in [6.45, 7) is 2.68. The Morgan fingerprint density at radius 2 is 1.62 bits per heavy atom. The minimum Gasteiger partial charge on any atom is -0.490 e. The lowest BCUT2D eigenvalue weighted by molar-refractivity contribution is -0.185. The van der Waals surface area contributed by atoms with Gasteiger partial charge in [-0.15, -0.1) is 0 Å². The first-order valence-electron chi connectivity index (χ1n) is 11.5. The van der Waals surface area contributed by atoms with Crippen LogP contribution in [0.1, 0.15) is 50.5 Å². The van der Waals surface area contributed by atoms with Gasteiger partial charge in [-0.25, -0.2) is 0 Å². The number of hydrogen-bond acceptors (Lipinski definition) is 3. The van der Waals surface area contributed by atoms with E-state index in [9.17, 15) is 18.0 Å². The van der Waals surface area contributed by atoms with Crippen LogP contribution in [0, 0.1) is 11.8 Å². The Morgan fingerprint density at radius 3 is 2.28 bits per heavy atom. The quantitative estimate of drug-likeness (QED) is 0.585. The van der Waals surface area contributed by atoms with Gasteiger partial charge < -0.3 is 9.84 Å². The predicted octanol–water partition coefficient (Wildman–Crippen LogP) is 6.03. The number of likely N-dealkylation sites (tertiary alicyclic amines) is 1. The first kappa shape index (κ1) is 22.9. The van der Waals surface area contributed by atoms with Crippen LogP contribution in [0.15, 0.2) is 36.4 Å². The molecule has 0 unspecified atom stereocenters. The molecule has 2 aliphatic rings. The third-order valence-electron chi connectivity index (χ3n) is 6.89. The summed E-state index contributed by atoms with van der Waals surface area (Å²) < 4.78 is 44.5. The monoisotopic (exact) mass is 449 g/mol. The number of carboxylic acid groups (broad SMARTS) is 1. The maximum Gasteiger partial charge on any atom is 0.391 e. The van der Waals surface area contributed by atoms with E-state index < -0.39 is 18.1 Å². The molecule has 2 aromatic rings. The molecule has 32 heavy (non-hydrogen) atoms. The highest BCUT2D eigenvalue weighted by Gasteiger charge is 2.41. The zero-order chi connectivity index (χ0) is 22.7. The second kappa shape index (κ2) is 9.69. The summed E-state index contributed by atoms with van der Waals surface area (Å²) in [4.78, 5) is 13.3. The molecule has 0 aromatic heterocycles. The molecule has 2 fully saturated rings. The fourth-order valence-electron chi connectivity index (χ4n) is 5.00. The average Bonchev–Trinajstić information content (AvgIpc) is 2.75. The number of carboxylic acids is 1. The number of benzene rings is 2. The van der Waals surface area contributed by atoms with Gasteiger partial charge in [-0.05, 0) is 92.1 Å². The van der Waals surface area contributed by atoms with Gasteiger partial charge in [-0.2, -0.15) is 13.2 Å². The van der Waals surface area contributed by atoms with Crippen LogP contribution in [0.25, 0.3) is 10.8 Å². The first-order chi connectivity index (χ1) is 15.3. The van der Waals surface area contributed by atoms with E-state index in [0.29, 0.717) is 18.6 Å². The molecule has 1 saturated carbocycles. The molecule has 0 bridgehead atoms. The van der Waals surface area contributed by atoms with E-state index in [0.717, 1.165) is 43.2 Å². The highest BCUT2D eigenvalue weighted by atomic mass is 19.4. The largest absolute Gasteiger partial charge is 0.490 e. The smallest absolute Gasteiger partial charge is 0.391 e. The normalized spacial score (nSPS) is 23.3. The van der Waals surface area contributed by atoms with Crippen LogP contribution < -0.4 is 4.74 Å². The highest BCUT2D eigenvalue weighted by Crippen LogP contribution is 2.38. The van der Waals surface area contributed by atoms with Gasteiger partial charge in [0.2, 0.25) is 0 Å². The molecular formula is C25H30F3NO3. The van der Waals surface area contributed by atoms with Gasteiger partial charge in [0.25, 0.3) is 0 Å². The molecule has 0 amide bonds. The molecule has 1 aliphatic heterocycles. The van der Waals surface area contributed by atoms with Crippen molar-refractivity contribution in [2.45, 2.75) is 63.8 Å². The van der Waals surface area contributed by atoms with Crippen molar-refractivity contribution >= 4 is 16.7 Å². The minimum absolute atomic E-state index is 0.138. The molecule has 1 aliphatic carbocycles. The van der Waals surface area contributed by atoms with E-state index in [2.05, 4.69) is 23.1 Å². The molecule has 174 valence electrons. The van der Waals surface area contributed by atoms with E-state index in [1.807, 2.05) is 18.2 Å². The Hall–Kier alpha value is -2.28. The number of halogens is 3. The lowest BCUT2D eigenvalue weighted by atomic mass is 9.87. The summed E-state index contributed by atoms with van der Waals surface area (Å²) in [5.74, 6) is -0.917. The Balaban J connectivity index is 1.31. The van der Waals surface area contributed by atoms with Gasteiger partial charge in [-0.1, -0.05) is 18.2 Å². The number of hydrogen-bond donors (Lipinski definition) is 1. The fraction of sp³-hybridized carbons (Fsp3) is 0.560. The van der Waals surface area contributed by atoms with Gasteiger partial charge in [0.05, 0.1) is 12.0 Å². The summed E-state index contributed by atoms with van der Waals surface area (Å²) in [6, 6.07) is 12.2. The SMILES string of the molecule is O=C(O)CC1CCN(Cc2ccc3cc(OC4CCC(C(F)(F)F)CC4)ccc3c2)CC1. The summed E-state index contributed by atoms with van der Waals surface area (Å²) in [5.41, 5.74) is 1.22. The molecule has 2 aromatic carbocycles. The zero-order valence-corrected chi connectivity index (χ0v) is 18.1. The van der Waals surface area contributed by atoms with Crippen LogP contribution in [0.2, 0.25) is 0 Å². The minimum atomic E-state index is -4.10. The Bertz CT molecular complexity index is 930. The van der Waals surface area contributed by atoms with Gasteiger partial charge in [0.1, 0.15) is 5.75 Å². The van der Waals surface area contributed by atoms with Crippen molar-refractivity contribution in [3.8, 4) is 5.75 Å². The third kappa shape index (κ3) is 5.94. The topological polar surface area (TPSA) is 49.8 Å². The number of alkyl halides is 3. The lowest BCUT2D eigenvalue weighted by Crippen LogP contribution is -2.33. The number of piperidine rings is 1. The van der Waals surface area contributed by atoms with Crippen molar-refractivity contribution in [3.63, 3.8) is 0 Å². The molecule has 1 N–H and O–H groups in total. The van der Waals surface area contributed by atoms with Crippen LogP contribution >= 0.6 is 0 Å². The van der Waals surface area contributed by atoms with E-state index >= 15 is 0 Å². The van der Waals surface area contributed by atoms with Gasteiger partial charge >= 0.3 is 12.1 Å². The van der Waals surface area contributed by atoms with Gasteiger partial charge in [-0.3, -0.25) is 9.69 Å². The van der Waals surface area contributed by atoms with E-state index in [1.165, 1.54) is 5.56 Å². The Kier molecular flexibility index (Phi) is 6.93. The first-order valence-corrected chi connectivity index (χ1v) is 11.5. The van der Waals surface area contributed by atoms with Crippen molar-refractivity contribution in [3.05, 3.63) is 42.0 Å². The second-order valence-electron chi connectivity index (χ2n) is 9.29. The highest BCUT2D eigenvalue weighted by molar-refractivity contribution is 5.84. The van der Waals surface area contributed by atoms with Crippen LogP contribution in [-0.4, -0.2) is 41.3 Å². The number of rotatable bonds is 6. The Labute approximate surface area is 186 Å².